The molecule has 2 rings (SSSR count). The summed E-state index contributed by atoms with van der Waals surface area (Å²) in [7, 11) is 0. The molecule has 1 aliphatic carbocycles. The van der Waals surface area contributed by atoms with Crippen molar-refractivity contribution in [1.29, 1.82) is 0 Å². The van der Waals surface area contributed by atoms with Crippen molar-refractivity contribution in [3.63, 3.8) is 0 Å². The molecule has 0 bridgehead atoms. The molecule has 1 aromatic carbocycles. The van der Waals surface area contributed by atoms with E-state index in [1.165, 1.54) is 0 Å². The van der Waals surface area contributed by atoms with Crippen molar-refractivity contribution in [2.24, 2.45) is 5.92 Å². The summed E-state index contributed by atoms with van der Waals surface area (Å²) in [5, 5.41) is 9.24. The normalized spacial score (nSPS) is 21.3. The average Bonchev–Trinajstić information content (AvgIpc) is 2.12. The molecule has 0 saturated heterocycles. The minimum absolute atomic E-state index is 0.106. The van der Waals surface area contributed by atoms with Gasteiger partial charge in [0.25, 0.3) is 0 Å². The van der Waals surface area contributed by atoms with Gasteiger partial charge in [-0.2, -0.15) is 0 Å². The number of Topliss-reactive ketones (excluding diaryl/α,β-unsaturated/α-hetero) is 1. The molecule has 1 N–H and O–H groups in total. The van der Waals surface area contributed by atoms with Gasteiger partial charge in [-0.25, -0.2) is 0 Å². The molecule has 0 aliphatic heterocycles. The van der Waals surface area contributed by atoms with Crippen molar-refractivity contribution >= 4 is 5.78 Å². The van der Waals surface area contributed by atoms with E-state index in [2.05, 4.69) is 0 Å². The van der Waals surface area contributed by atoms with Gasteiger partial charge in [-0.15, -0.1) is 0 Å². The summed E-state index contributed by atoms with van der Waals surface area (Å²) in [5.74, 6) is 0.452. The number of carbonyl (C=O) groups excluding carboxylic acids is 1. The number of fused-ring (bicyclic) bond motifs is 1. The van der Waals surface area contributed by atoms with E-state index in [-0.39, 0.29) is 17.5 Å². The molecular formula is C11H12O2. The highest BCUT2D eigenvalue weighted by atomic mass is 16.3. The second-order valence-corrected chi connectivity index (χ2v) is 3.65. The Hall–Kier alpha value is -1.31. The molecule has 0 aromatic heterocycles. The van der Waals surface area contributed by atoms with E-state index in [0.29, 0.717) is 5.56 Å². The first kappa shape index (κ1) is 8.30. The number of phenols is 1. The van der Waals surface area contributed by atoms with Crippen LogP contribution in [-0.2, 0) is 6.42 Å². The summed E-state index contributed by atoms with van der Waals surface area (Å²) < 4.78 is 0. The zero-order valence-corrected chi connectivity index (χ0v) is 7.58. The van der Waals surface area contributed by atoms with Gasteiger partial charge >= 0.3 is 0 Å². The number of ketones is 1. The van der Waals surface area contributed by atoms with Gasteiger partial charge in [-0.1, -0.05) is 13.0 Å². The number of hydrogen-bond donors (Lipinski definition) is 1. The summed E-state index contributed by atoms with van der Waals surface area (Å²) >= 11 is 0. The minimum Gasteiger partial charge on any atom is -0.508 e. The third kappa shape index (κ3) is 1.32. The van der Waals surface area contributed by atoms with Gasteiger partial charge in [-0.05, 0) is 30.5 Å². The number of rotatable bonds is 0. The molecule has 0 spiro atoms. The third-order valence-electron chi connectivity index (χ3n) is 2.65. The van der Waals surface area contributed by atoms with E-state index < -0.39 is 0 Å². The fourth-order valence-corrected chi connectivity index (χ4v) is 1.78. The van der Waals surface area contributed by atoms with Crippen LogP contribution in [0, 0.1) is 5.92 Å². The maximum atomic E-state index is 11.7. The van der Waals surface area contributed by atoms with Gasteiger partial charge < -0.3 is 5.11 Å². The van der Waals surface area contributed by atoms with Crippen LogP contribution >= 0.6 is 0 Å². The van der Waals surface area contributed by atoms with Crippen LogP contribution in [0.2, 0.25) is 0 Å². The van der Waals surface area contributed by atoms with Gasteiger partial charge in [0.15, 0.2) is 5.78 Å². The van der Waals surface area contributed by atoms with Crippen molar-refractivity contribution in [2.45, 2.75) is 19.8 Å². The monoisotopic (exact) mass is 176 g/mol. The maximum Gasteiger partial charge on any atom is 0.166 e. The van der Waals surface area contributed by atoms with Crippen molar-refractivity contribution in [2.75, 3.05) is 0 Å². The van der Waals surface area contributed by atoms with Crippen LogP contribution in [0.5, 0.6) is 5.75 Å². The average molecular weight is 176 g/mol. The summed E-state index contributed by atoms with van der Waals surface area (Å²) in [6.07, 6.45) is 1.87. The summed E-state index contributed by atoms with van der Waals surface area (Å²) in [4.78, 5) is 11.7. The molecule has 2 nitrogen and oxygen atoms in total. The molecule has 1 atom stereocenters. The predicted octanol–water partition coefficient (Wildman–Crippen LogP) is 2.16. The highest BCUT2D eigenvalue weighted by Crippen LogP contribution is 2.27. The van der Waals surface area contributed by atoms with E-state index in [1.54, 1.807) is 12.1 Å². The Morgan fingerprint density at radius 1 is 1.46 bits per heavy atom. The molecule has 0 saturated carbocycles. The topological polar surface area (TPSA) is 37.3 Å². The number of aryl methyl sites for hydroxylation is 1. The quantitative estimate of drug-likeness (QED) is 0.657. The first-order valence-corrected chi connectivity index (χ1v) is 4.54. The molecule has 68 valence electrons. The fourth-order valence-electron chi connectivity index (χ4n) is 1.78. The highest BCUT2D eigenvalue weighted by molar-refractivity contribution is 6.00. The number of hydrogen-bond acceptors (Lipinski definition) is 2. The number of phenolic OH excluding ortho intramolecular Hbond substituents is 1. The number of aromatic hydroxyl groups is 1. The van der Waals surface area contributed by atoms with E-state index in [9.17, 15) is 9.90 Å². The van der Waals surface area contributed by atoms with E-state index in [0.717, 1.165) is 18.4 Å². The molecule has 0 heterocycles. The lowest BCUT2D eigenvalue weighted by Gasteiger charge is -2.19. The Morgan fingerprint density at radius 2 is 2.23 bits per heavy atom. The van der Waals surface area contributed by atoms with Crippen molar-refractivity contribution in [3.8, 4) is 5.75 Å². The molecule has 0 radical (unpaired) electrons. The molecule has 0 unspecified atom stereocenters. The van der Waals surface area contributed by atoms with Gasteiger partial charge in [0.1, 0.15) is 5.75 Å². The summed E-state index contributed by atoms with van der Waals surface area (Å²) in [6.45, 7) is 1.94. The standard InChI is InChI=1S/C11H12O2/c1-7-2-3-8-4-5-9(12)6-10(8)11(7)13/h4-7,12H,2-3H2,1H3/t7-/m1/s1. The number of carbonyl (C=O) groups is 1. The van der Waals surface area contributed by atoms with E-state index in [1.807, 2.05) is 13.0 Å². The van der Waals surface area contributed by atoms with Crippen LogP contribution < -0.4 is 0 Å². The highest BCUT2D eigenvalue weighted by Gasteiger charge is 2.23. The minimum atomic E-state index is 0.106. The second-order valence-electron chi connectivity index (χ2n) is 3.65. The first-order valence-electron chi connectivity index (χ1n) is 4.54. The molecule has 1 aromatic rings. The third-order valence-corrected chi connectivity index (χ3v) is 2.65. The van der Waals surface area contributed by atoms with Gasteiger partial charge in [0.05, 0.1) is 0 Å². The molecule has 1 aliphatic rings. The van der Waals surface area contributed by atoms with Gasteiger partial charge in [0.2, 0.25) is 0 Å². The number of benzene rings is 1. The largest absolute Gasteiger partial charge is 0.508 e. The zero-order valence-electron chi connectivity index (χ0n) is 7.58. The lowest BCUT2D eigenvalue weighted by molar-refractivity contribution is 0.0913. The van der Waals surface area contributed by atoms with E-state index >= 15 is 0 Å². The van der Waals surface area contributed by atoms with Crippen molar-refractivity contribution in [1.82, 2.24) is 0 Å². The van der Waals surface area contributed by atoms with Crippen LogP contribution in [0.4, 0.5) is 0 Å². The van der Waals surface area contributed by atoms with Gasteiger partial charge in [0, 0.05) is 11.5 Å². The van der Waals surface area contributed by atoms with Crippen molar-refractivity contribution < 1.29 is 9.90 Å². The van der Waals surface area contributed by atoms with Crippen LogP contribution in [0.25, 0.3) is 0 Å². The summed E-state index contributed by atoms with van der Waals surface area (Å²) in [5.41, 5.74) is 1.78. The predicted molar refractivity (Wildman–Crippen MR) is 49.9 cm³/mol. The van der Waals surface area contributed by atoms with Crippen molar-refractivity contribution in [3.05, 3.63) is 29.3 Å². The zero-order chi connectivity index (χ0) is 9.42. The SMILES string of the molecule is C[C@@H]1CCc2ccc(O)cc2C1=O. The Kier molecular flexibility index (Phi) is 1.83. The smallest absolute Gasteiger partial charge is 0.166 e. The Labute approximate surface area is 77.2 Å². The van der Waals surface area contributed by atoms with Crippen LogP contribution in [-0.4, -0.2) is 10.9 Å². The molecular weight excluding hydrogens is 164 g/mol. The lowest BCUT2D eigenvalue weighted by Crippen LogP contribution is -2.19. The molecule has 0 fully saturated rings. The van der Waals surface area contributed by atoms with Gasteiger partial charge in [-0.3, -0.25) is 4.79 Å². The molecule has 13 heavy (non-hydrogen) atoms. The first-order chi connectivity index (χ1) is 6.18. The lowest BCUT2D eigenvalue weighted by atomic mass is 9.84. The maximum absolute atomic E-state index is 11.7. The fraction of sp³-hybridized carbons (Fsp3) is 0.364. The van der Waals surface area contributed by atoms with Crippen LogP contribution in [0.15, 0.2) is 18.2 Å². The summed E-state index contributed by atoms with van der Waals surface area (Å²) in [6, 6.07) is 5.06. The van der Waals surface area contributed by atoms with E-state index in [4.69, 9.17) is 0 Å². The Morgan fingerprint density at radius 3 is 3.00 bits per heavy atom. The molecule has 0 amide bonds. The second kappa shape index (κ2) is 2.87. The molecule has 2 heteroatoms. The van der Waals surface area contributed by atoms with Crippen LogP contribution in [0.1, 0.15) is 29.3 Å². The Bertz CT molecular complexity index is 355. The Balaban J connectivity index is 2.51. The van der Waals surface area contributed by atoms with Crippen LogP contribution in [0.3, 0.4) is 0 Å².